The summed E-state index contributed by atoms with van der Waals surface area (Å²) in [5, 5.41) is 0. The van der Waals surface area contributed by atoms with Crippen molar-refractivity contribution in [3.8, 4) is 0 Å². The summed E-state index contributed by atoms with van der Waals surface area (Å²) in [6.45, 7) is 2.41. The van der Waals surface area contributed by atoms with Gasteiger partial charge < -0.3 is 5.73 Å². The zero-order valence-corrected chi connectivity index (χ0v) is 12.6. The van der Waals surface area contributed by atoms with Crippen LogP contribution in [0.5, 0.6) is 0 Å². The summed E-state index contributed by atoms with van der Waals surface area (Å²) in [6, 6.07) is 0. The summed E-state index contributed by atoms with van der Waals surface area (Å²) in [5.41, 5.74) is 7.02. The number of hydrogen-bond donors (Lipinski definition) is 1. The van der Waals surface area contributed by atoms with Gasteiger partial charge in [0.1, 0.15) is 0 Å². The molecule has 0 unspecified atom stereocenters. The largest absolute Gasteiger partial charge is 0.325 e. The van der Waals surface area contributed by atoms with E-state index in [2.05, 4.69) is 6.92 Å². The molecule has 5 aliphatic carbocycles. The van der Waals surface area contributed by atoms with E-state index in [-0.39, 0.29) is 5.54 Å². The Labute approximate surface area is 118 Å². The lowest BCUT2D eigenvalue weighted by atomic mass is 9.50. The summed E-state index contributed by atoms with van der Waals surface area (Å²) >= 11 is 0. The Morgan fingerprint density at radius 1 is 0.895 bits per heavy atom. The normalized spacial score (nSPS) is 56.5. The molecule has 0 aromatic carbocycles. The highest BCUT2D eigenvalue weighted by molar-refractivity contribution is 5.02. The number of nitrogens with two attached hydrogens (primary N) is 1. The van der Waals surface area contributed by atoms with Crippen molar-refractivity contribution in [2.24, 2.45) is 41.2 Å². The average Bonchev–Trinajstić information content (AvgIpc) is 2.37. The van der Waals surface area contributed by atoms with Crippen LogP contribution >= 0.6 is 0 Å². The molecular weight excluding hydrogens is 230 g/mol. The lowest BCUT2D eigenvalue weighted by Gasteiger charge is -2.56. The first-order chi connectivity index (χ1) is 9.11. The van der Waals surface area contributed by atoms with Gasteiger partial charge >= 0.3 is 0 Å². The zero-order chi connectivity index (χ0) is 13.0. The monoisotopic (exact) mass is 261 g/mol. The first kappa shape index (κ1) is 12.7. The number of rotatable bonds is 2. The van der Waals surface area contributed by atoms with Gasteiger partial charge in [0.15, 0.2) is 0 Å². The van der Waals surface area contributed by atoms with Crippen LogP contribution in [0, 0.1) is 35.5 Å². The van der Waals surface area contributed by atoms with Crippen molar-refractivity contribution >= 4 is 0 Å². The molecule has 1 nitrogen and oxygen atoms in total. The van der Waals surface area contributed by atoms with E-state index in [1.54, 1.807) is 32.1 Å². The maximum Gasteiger partial charge on any atom is 0.0157 e. The van der Waals surface area contributed by atoms with Crippen LogP contribution in [0.25, 0.3) is 0 Å². The van der Waals surface area contributed by atoms with Crippen molar-refractivity contribution in [3.05, 3.63) is 0 Å². The maximum atomic E-state index is 6.80. The molecule has 0 aromatic rings. The molecule has 5 saturated carbocycles. The Morgan fingerprint density at radius 2 is 1.42 bits per heavy atom. The molecule has 0 atom stereocenters. The fourth-order valence-corrected chi connectivity index (χ4v) is 6.38. The average molecular weight is 261 g/mol. The third-order valence-electron chi connectivity index (χ3n) is 7.33. The fraction of sp³-hybridized carbons (Fsp3) is 1.00. The van der Waals surface area contributed by atoms with Crippen LogP contribution in [-0.2, 0) is 0 Å². The van der Waals surface area contributed by atoms with E-state index in [1.807, 2.05) is 0 Å². The predicted molar refractivity (Wildman–Crippen MR) is 79.7 cm³/mol. The highest BCUT2D eigenvalue weighted by Gasteiger charge is 2.49. The van der Waals surface area contributed by atoms with E-state index < -0.39 is 0 Å². The molecule has 2 N–H and O–H groups in total. The van der Waals surface area contributed by atoms with Crippen LogP contribution in [0.2, 0.25) is 0 Å². The van der Waals surface area contributed by atoms with Crippen LogP contribution in [0.4, 0.5) is 0 Å². The fourth-order valence-electron chi connectivity index (χ4n) is 6.38. The van der Waals surface area contributed by atoms with Gasteiger partial charge in [0, 0.05) is 5.54 Å². The molecule has 19 heavy (non-hydrogen) atoms. The van der Waals surface area contributed by atoms with Crippen molar-refractivity contribution in [2.75, 3.05) is 0 Å². The predicted octanol–water partition coefficient (Wildman–Crippen LogP) is 4.36. The second-order valence-corrected chi connectivity index (χ2v) is 8.84. The molecule has 0 heterocycles. The minimum Gasteiger partial charge on any atom is -0.325 e. The Kier molecular flexibility index (Phi) is 2.99. The topological polar surface area (TPSA) is 26.0 Å². The van der Waals surface area contributed by atoms with E-state index in [4.69, 9.17) is 5.73 Å². The zero-order valence-electron chi connectivity index (χ0n) is 12.6. The van der Waals surface area contributed by atoms with Gasteiger partial charge in [0.2, 0.25) is 0 Å². The summed E-state index contributed by atoms with van der Waals surface area (Å²) in [7, 11) is 0. The van der Waals surface area contributed by atoms with Crippen LogP contribution < -0.4 is 5.73 Å². The Morgan fingerprint density at radius 3 is 1.95 bits per heavy atom. The van der Waals surface area contributed by atoms with Gasteiger partial charge in [-0.1, -0.05) is 6.92 Å². The van der Waals surface area contributed by atoms with Crippen LogP contribution in [0.3, 0.4) is 0 Å². The lowest BCUT2D eigenvalue weighted by Crippen LogP contribution is -2.51. The SMILES string of the molecule is CC1CCC(N)(CC2C3CC4CC(C3)CC2C4)CC1. The van der Waals surface area contributed by atoms with Gasteiger partial charge in [-0.2, -0.15) is 0 Å². The molecule has 5 aliphatic rings. The van der Waals surface area contributed by atoms with Crippen LogP contribution in [0.1, 0.15) is 71.1 Å². The standard InChI is InChI=1S/C18H31N/c1-12-2-4-18(19,5-3-12)11-17-15-7-13-6-14(9-15)10-16(17)8-13/h12-17H,2-11,19H2,1H3. The maximum absolute atomic E-state index is 6.80. The van der Waals surface area contributed by atoms with Crippen molar-refractivity contribution in [1.82, 2.24) is 0 Å². The molecule has 0 saturated heterocycles. The van der Waals surface area contributed by atoms with Crippen LogP contribution in [-0.4, -0.2) is 5.54 Å². The van der Waals surface area contributed by atoms with Gasteiger partial charge in [-0.05, 0) is 99.7 Å². The molecule has 4 bridgehead atoms. The Bertz CT molecular complexity index is 312. The molecule has 0 radical (unpaired) electrons. The Balaban J connectivity index is 1.45. The molecular formula is C18H31N. The molecule has 1 heteroatoms. The van der Waals surface area contributed by atoms with E-state index >= 15 is 0 Å². The smallest absolute Gasteiger partial charge is 0.0157 e. The van der Waals surface area contributed by atoms with Crippen molar-refractivity contribution in [2.45, 2.75) is 76.7 Å². The van der Waals surface area contributed by atoms with Gasteiger partial charge in [-0.3, -0.25) is 0 Å². The van der Waals surface area contributed by atoms with Gasteiger partial charge in [0.05, 0.1) is 0 Å². The number of hydrogen-bond acceptors (Lipinski definition) is 1. The molecule has 0 amide bonds. The summed E-state index contributed by atoms with van der Waals surface area (Å²) in [6.07, 6.45) is 14.5. The molecule has 108 valence electrons. The van der Waals surface area contributed by atoms with E-state index in [0.717, 1.165) is 35.5 Å². The first-order valence-electron chi connectivity index (χ1n) is 8.90. The highest BCUT2D eigenvalue weighted by atomic mass is 14.8. The van der Waals surface area contributed by atoms with Crippen LogP contribution in [0.15, 0.2) is 0 Å². The minimum absolute atomic E-state index is 0.215. The van der Waals surface area contributed by atoms with Gasteiger partial charge in [-0.15, -0.1) is 0 Å². The van der Waals surface area contributed by atoms with E-state index in [1.165, 1.54) is 32.1 Å². The summed E-state index contributed by atoms with van der Waals surface area (Å²) < 4.78 is 0. The van der Waals surface area contributed by atoms with E-state index in [9.17, 15) is 0 Å². The third kappa shape index (κ3) is 2.26. The van der Waals surface area contributed by atoms with E-state index in [0.29, 0.717) is 0 Å². The second-order valence-electron chi connectivity index (χ2n) is 8.84. The second kappa shape index (κ2) is 4.48. The highest BCUT2D eigenvalue weighted by Crippen LogP contribution is 2.58. The summed E-state index contributed by atoms with van der Waals surface area (Å²) in [4.78, 5) is 0. The van der Waals surface area contributed by atoms with Gasteiger partial charge in [-0.25, -0.2) is 0 Å². The lowest BCUT2D eigenvalue weighted by molar-refractivity contribution is -0.0509. The quantitative estimate of drug-likeness (QED) is 0.785. The first-order valence-corrected chi connectivity index (χ1v) is 8.90. The molecule has 0 spiro atoms. The Hall–Kier alpha value is -0.0400. The minimum atomic E-state index is 0.215. The molecule has 0 aromatic heterocycles. The van der Waals surface area contributed by atoms with Crippen molar-refractivity contribution in [1.29, 1.82) is 0 Å². The molecule has 5 rings (SSSR count). The summed E-state index contributed by atoms with van der Waals surface area (Å²) in [5.74, 6) is 6.28. The molecule has 0 aliphatic heterocycles. The van der Waals surface area contributed by atoms with Gasteiger partial charge in [0.25, 0.3) is 0 Å². The molecule has 5 fully saturated rings. The van der Waals surface area contributed by atoms with Crippen molar-refractivity contribution < 1.29 is 0 Å². The van der Waals surface area contributed by atoms with Crippen molar-refractivity contribution in [3.63, 3.8) is 0 Å². The third-order valence-corrected chi connectivity index (χ3v) is 7.33.